The highest BCUT2D eigenvalue weighted by atomic mass is 16.5. The minimum atomic E-state index is -0.186. The topological polar surface area (TPSA) is 76.6 Å². The van der Waals surface area contributed by atoms with E-state index < -0.39 is 0 Å². The summed E-state index contributed by atoms with van der Waals surface area (Å²) in [5, 5.41) is 2.83. The first-order chi connectivity index (χ1) is 8.72. The van der Waals surface area contributed by atoms with Crippen molar-refractivity contribution >= 4 is 17.4 Å². The summed E-state index contributed by atoms with van der Waals surface area (Å²) >= 11 is 0. The number of hydrogen-bond acceptors (Lipinski definition) is 6. The van der Waals surface area contributed by atoms with Gasteiger partial charge in [-0.05, 0) is 0 Å². The van der Waals surface area contributed by atoms with Crippen molar-refractivity contribution in [3.05, 3.63) is 6.33 Å². The normalized spacial score (nSPS) is 26.1. The van der Waals surface area contributed by atoms with Crippen LogP contribution in [0, 0.1) is 5.92 Å². The molecule has 1 saturated heterocycles. The number of carbonyl (C=O) groups is 1. The molecule has 2 aliphatic heterocycles. The van der Waals surface area contributed by atoms with Crippen LogP contribution < -0.4 is 15.0 Å². The van der Waals surface area contributed by atoms with Crippen LogP contribution >= 0.6 is 0 Å². The van der Waals surface area contributed by atoms with Gasteiger partial charge in [-0.25, -0.2) is 4.98 Å². The van der Waals surface area contributed by atoms with Crippen molar-refractivity contribution in [2.45, 2.75) is 6.04 Å². The molecule has 0 spiro atoms. The van der Waals surface area contributed by atoms with Gasteiger partial charge in [0.2, 0.25) is 11.8 Å². The third-order valence-corrected chi connectivity index (χ3v) is 3.45. The molecular formula is C11H14N4O3. The molecule has 2 unspecified atom stereocenters. The van der Waals surface area contributed by atoms with Crippen LogP contribution in [0.2, 0.25) is 0 Å². The Morgan fingerprint density at radius 1 is 1.50 bits per heavy atom. The lowest BCUT2D eigenvalue weighted by molar-refractivity contribution is -0.120. The molecule has 1 N–H and O–H groups in total. The van der Waals surface area contributed by atoms with Crippen molar-refractivity contribution in [1.82, 2.24) is 9.97 Å². The second kappa shape index (κ2) is 4.09. The van der Waals surface area contributed by atoms with Crippen LogP contribution in [0.4, 0.5) is 11.5 Å². The van der Waals surface area contributed by atoms with Crippen LogP contribution in [-0.2, 0) is 9.53 Å². The van der Waals surface area contributed by atoms with Gasteiger partial charge in [-0.3, -0.25) is 4.79 Å². The van der Waals surface area contributed by atoms with Crippen LogP contribution in [0.25, 0.3) is 0 Å². The first-order valence-electron chi connectivity index (χ1n) is 5.72. The second-order valence-corrected chi connectivity index (χ2v) is 4.39. The largest absolute Gasteiger partial charge is 0.479 e. The number of carbonyl (C=O) groups excluding carboxylic acids is 1. The Morgan fingerprint density at radius 3 is 3.11 bits per heavy atom. The van der Waals surface area contributed by atoms with Gasteiger partial charge in [-0.1, -0.05) is 0 Å². The molecule has 1 fully saturated rings. The number of methoxy groups -OCH3 is 1. The molecule has 3 heterocycles. The Bertz CT molecular complexity index is 493. The van der Waals surface area contributed by atoms with E-state index >= 15 is 0 Å². The smallest absolute Gasteiger partial charge is 0.242 e. The first kappa shape index (κ1) is 11.2. The minimum Gasteiger partial charge on any atom is -0.479 e. The Hall–Kier alpha value is -1.89. The highest BCUT2D eigenvalue weighted by Gasteiger charge is 2.41. The molecule has 3 rings (SSSR count). The summed E-state index contributed by atoms with van der Waals surface area (Å²) in [4.78, 5) is 22.3. The predicted molar refractivity (Wildman–Crippen MR) is 63.7 cm³/mol. The third-order valence-electron chi connectivity index (χ3n) is 3.45. The van der Waals surface area contributed by atoms with Crippen molar-refractivity contribution in [2.24, 2.45) is 5.92 Å². The SMILES string of the molecule is COc1ncnc2c1NC(=O)C1COCC1N2C. The number of nitrogens with zero attached hydrogens (tertiary/aromatic N) is 3. The van der Waals surface area contributed by atoms with Gasteiger partial charge < -0.3 is 19.7 Å². The van der Waals surface area contributed by atoms with Gasteiger partial charge in [0.1, 0.15) is 12.0 Å². The third kappa shape index (κ3) is 1.51. The van der Waals surface area contributed by atoms with Crippen LogP contribution in [-0.4, -0.2) is 49.3 Å². The summed E-state index contributed by atoms with van der Waals surface area (Å²) in [6.45, 7) is 0.963. The molecule has 0 aliphatic carbocycles. The molecule has 2 aliphatic rings. The van der Waals surface area contributed by atoms with E-state index in [9.17, 15) is 4.79 Å². The molecule has 0 aromatic carbocycles. The van der Waals surface area contributed by atoms with E-state index in [0.717, 1.165) is 0 Å². The molecule has 1 amide bonds. The van der Waals surface area contributed by atoms with Crippen LogP contribution in [0.1, 0.15) is 0 Å². The molecular weight excluding hydrogens is 236 g/mol. The number of fused-ring (bicyclic) bond motifs is 2. The standard InChI is InChI=1S/C11H14N4O3/c1-15-7-4-18-3-6(7)10(16)14-8-9(15)12-5-13-11(8)17-2/h5-7H,3-4H2,1-2H3,(H,14,16). The van der Waals surface area contributed by atoms with Gasteiger partial charge >= 0.3 is 0 Å². The Kier molecular flexibility index (Phi) is 2.55. The number of nitrogens with one attached hydrogen (secondary N) is 1. The van der Waals surface area contributed by atoms with Gasteiger partial charge in [-0.15, -0.1) is 0 Å². The summed E-state index contributed by atoms with van der Waals surface area (Å²) in [5.41, 5.74) is 0.530. The fourth-order valence-electron chi connectivity index (χ4n) is 2.44. The summed E-state index contributed by atoms with van der Waals surface area (Å²) in [5.74, 6) is 0.777. The molecule has 1 aromatic heterocycles. The number of likely N-dealkylation sites (N-methyl/N-ethyl adjacent to an activating group) is 1. The summed E-state index contributed by atoms with van der Waals surface area (Å²) in [6.07, 6.45) is 1.43. The number of ether oxygens (including phenoxy) is 2. The maximum atomic E-state index is 12.1. The van der Waals surface area contributed by atoms with Crippen molar-refractivity contribution in [3.8, 4) is 5.88 Å². The second-order valence-electron chi connectivity index (χ2n) is 4.39. The Morgan fingerprint density at radius 2 is 2.33 bits per heavy atom. The van der Waals surface area contributed by atoms with Crippen molar-refractivity contribution in [1.29, 1.82) is 0 Å². The molecule has 18 heavy (non-hydrogen) atoms. The Labute approximate surface area is 104 Å². The number of aromatic nitrogens is 2. The van der Waals surface area contributed by atoms with Crippen LogP contribution in [0.5, 0.6) is 5.88 Å². The highest BCUT2D eigenvalue weighted by molar-refractivity contribution is 5.99. The number of hydrogen-bond donors (Lipinski definition) is 1. The van der Waals surface area contributed by atoms with Crippen molar-refractivity contribution in [3.63, 3.8) is 0 Å². The number of anilines is 2. The van der Waals surface area contributed by atoms with E-state index in [0.29, 0.717) is 30.6 Å². The lowest BCUT2D eigenvalue weighted by atomic mass is 10.0. The number of rotatable bonds is 1. The van der Waals surface area contributed by atoms with E-state index in [2.05, 4.69) is 15.3 Å². The molecule has 1 aromatic rings. The Balaban J connectivity index is 2.11. The molecule has 0 radical (unpaired) electrons. The van der Waals surface area contributed by atoms with Gasteiger partial charge in [0.25, 0.3) is 0 Å². The minimum absolute atomic E-state index is 0.00542. The van der Waals surface area contributed by atoms with Gasteiger partial charge in [0.05, 0.1) is 32.3 Å². The van der Waals surface area contributed by atoms with Gasteiger partial charge in [0, 0.05) is 7.05 Å². The molecule has 7 nitrogen and oxygen atoms in total. The van der Waals surface area contributed by atoms with Gasteiger partial charge in [0.15, 0.2) is 5.82 Å². The fraction of sp³-hybridized carbons (Fsp3) is 0.545. The predicted octanol–water partition coefficient (Wildman–Crippen LogP) is -0.112. The number of amides is 1. The molecule has 0 bridgehead atoms. The van der Waals surface area contributed by atoms with E-state index in [1.54, 1.807) is 0 Å². The fourth-order valence-corrected chi connectivity index (χ4v) is 2.44. The maximum absolute atomic E-state index is 12.1. The van der Waals surface area contributed by atoms with Crippen LogP contribution in [0.3, 0.4) is 0 Å². The molecule has 96 valence electrons. The van der Waals surface area contributed by atoms with E-state index in [-0.39, 0.29) is 17.9 Å². The van der Waals surface area contributed by atoms with Crippen molar-refractivity contribution < 1.29 is 14.3 Å². The van der Waals surface area contributed by atoms with E-state index in [1.165, 1.54) is 13.4 Å². The van der Waals surface area contributed by atoms with Gasteiger partial charge in [-0.2, -0.15) is 4.98 Å². The summed E-state index contributed by atoms with van der Waals surface area (Å²) in [6, 6.07) is 0.00542. The quantitative estimate of drug-likeness (QED) is 0.749. The zero-order valence-electron chi connectivity index (χ0n) is 10.2. The zero-order valence-corrected chi connectivity index (χ0v) is 10.2. The summed E-state index contributed by atoms with van der Waals surface area (Å²) < 4.78 is 10.5. The molecule has 7 heteroatoms. The maximum Gasteiger partial charge on any atom is 0.242 e. The molecule has 2 atom stereocenters. The lowest BCUT2D eigenvalue weighted by Crippen LogP contribution is -2.40. The highest BCUT2D eigenvalue weighted by Crippen LogP contribution is 2.37. The molecule has 0 saturated carbocycles. The zero-order chi connectivity index (χ0) is 12.7. The average molecular weight is 250 g/mol. The first-order valence-corrected chi connectivity index (χ1v) is 5.72. The van der Waals surface area contributed by atoms with E-state index in [4.69, 9.17) is 9.47 Å². The lowest BCUT2D eigenvalue weighted by Gasteiger charge is -2.25. The van der Waals surface area contributed by atoms with Crippen molar-refractivity contribution in [2.75, 3.05) is 37.6 Å². The van der Waals surface area contributed by atoms with E-state index in [1.807, 2.05) is 11.9 Å². The van der Waals surface area contributed by atoms with Crippen LogP contribution in [0.15, 0.2) is 6.33 Å². The monoisotopic (exact) mass is 250 g/mol. The summed E-state index contributed by atoms with van der Waals surface area (Å²) in [7, 11) is 3.42. The average Bonchev–Trinajstić information content (AvgIpc) is 2.84.